The average molecular weight is 255 g/mol. The number of aliphatic hydroxyl groups is 3. The summed E-state index contributed by atoms with van der Waals surface area (Å²) in [5.74, 6) is 0.431. The molecule has 0 radical (unpaired) electrons. The lowest BCUT2D eigenvalue weighted by molar-refractivity contribution is 0.0750. The van der Waals surface area contributed by atoms with Gasteiger partial charge in [0.1, 0.15) is 5.76 Å². The van der Waals surface area contributed by atoms with Crippen LogP contribution in [-0.4, -0.2) is 52.7 Å². The van der Waals surface area contributed by atoms with Crippen molar-refractivity contribution in [2.24, 2.45) is 0 Å². The molecule has 0 saturated heterocycles. The molecular formula is C13H21NO4. The van der Waals surface area contributed by atoms with Gasteiger partial charge in [0, 0.05) is 6.20 Å². The molecule has 0 fully saturated rings. The lowest BCUT2D eigenvalue weighted by Crippen LogP contribution is -2.35. The van der Waals surface area contributed by atoms with Crippen LogP contribution < -0.4 is 0 Å². The number of ether oxygens (including phenoxy) is 1. The molecule has 1 aliphatic rings. The van der Waals surface area contributed by atoms with E-state index in [2.05, 4.69) is 6.58 Å². The Hall–Kier alpha value is -1.30. The SMILES string of the molecule is C=C(OC)C1=C(CC)C(O)C=CN1CC(O)CO. The second kappa shape index (κ2) is 6.58. The Labute approximate surface area is 107 Å². The number of nitrogens with zero attached hydrogens (tertiary/aromatic N) is 1. The highest BCUT2D eigenvalue weighted by atomic mass is 16.5. The molecule has 2 unspecified atom stereocenters. The first-order valence-electron chi connectivity index (χ1n) is 5.93. The quantitative estimate of drug-likeness (QED) is 0.597. The summed E-state index contributed by atoms with van der Waals surface area (Å²) in [6.45, 7) is 5.64. The largest absolute Gasteiger partial charge is 0.495 e. The van der Waals surface area contributed by atoms with Crippen molar-refractivity contribution in [3.8, 4) is 0 Å². The Bertz CT molecular complexity index is 362. The Morgan fingerprint density at radius 3 is 2.78 bits per heavy atom. The van der Waals surface area contributed by atoms with E-state index >= 15 is 0 Å². The van der Waals surface area contributed by atoms with Gasteiger partial charge in [-0.15, -0.1) is 0 Å². The van der Waals surface area contributed by atoms with Crippen LogP contribution in [0.15, 0.2) is 35.9 Å². The first-order valence-corrected chi connectivity index (χ1v) is 5.93. The van der Waals surface area contributed by atoms with Crippen LogP contribution in [0, 0.1) is 0 Å². The minimum atomic E-state index is -0.859. The molecule has 102 valence electrons. The van der Waals surface area contributed by atoms with Crippen molar-refractivity contribution in [1.29, 1.82) is 0 Å². The summed E-state index contributed by atoms with van der Waals surface area (Å²) in [6, 6.07) is 0. The van der Waals surface area contributed by atoms with Gasteiger partial charge in [-0.25, -0.2) is 0 Å². The van der Waals surface area contributed by atoms with Crippen molar-refractivity contribution in [3.63, 3.8) is 0 Å². The number of aliphatic hydroxyl groups excluding tert-OH is 3. The molecule has 1 rings (SSSR count). The van der Waals surface area contributed by atoms with Crippen molar-refractivity contribution < 1.29 is 20.1 Å². The molecule has 0 aliphatic carbocycles. The summed E-state index contributed by atoms with van der Waals surface area (Å²) >= 11 is 0. The zero-order valence-corrected chi connectivity index (χ0v) is 10.8. The molecule has 2 atom stereocenters. The summed E-state index contributed by atoms with van der Waals surface area (Å²) in [5, 5.41) is 28.3. The molecule has 0 bridgehead atoms. The summed E-state index contributed by atoms with van der Waals surface area (Å²) in [4.78, 5) is 1.73. The van der Waals surface area contributed by atoms with Gasteiger partial charge in [0.25, 0.3) is 0 Å². The smallest absolute Gasteiger partial charge is 0.135 e. The van der Waals surface area contributed by atoms with Gasteiger partial charge < -0.3 is 25.0 Å². The van der Waals surface area contributed by atoms with Gasteiger partial charge in [0.2, 0.25) is 0 Å². The van der Waals surface area contributed by atoms with E-state index in [0.29, 0.717) is 17.9 Å². The third-order valence-corrected chi connectivity index (χ3v) is 2.91. The molecule has 3 N–H and O–H groups in total. The third kappa shape index (κ3) is 3.13. The summed E-state index contributed by atoms with van der Waals surface area (Å²) in [7, 11) is 1.51. The van der Waals surface area contributed by atoms with Crippen LogP contribution in [0.5, 0.6) is 0 Å². The van der Waals surface area contributed by atoms with E-state index in [1.54, 1.807) is 17.2 Å². The normalized spacial score (nSPS) is 21.2. The summed E-state index contributed by atoms with van der Waals surface area (Å²) in [5.41, 5.74) is 1.46. The minimum Gasteiger partial charge on any atom is -0.495 e. The number of hydrogen-bond acceptors (Lipinski definition) is 5. The van der Waals surface area contributed by atoms with Gasteiger partial charge in [-0.05, 0) is 18.1 Å². The Kier molecular flexibility index (Phi) is 5.40. The van der Waals surface area contributed by atoms with Crippen molar-refractivity contribution >= 4 is 0 Å². The van der Waals surface area contributed by atoms with Crippen LogP contribution >= 0.6 is 0 Å². The fourth-order valence-corrected chi connectivity index (χ4v) is 1.95. The van der Waals surface area contributed by atoms with Crippen LogP contribution in [0.2, 0.25) is 0 Å². The number of hydrogen-bond donors (Lipinski definition) is 3. The molecule has 0 saturated carbocycles. The summed E-state index contributed by atoms with van der Waals surface area (Å²) < 4.78 is 5.13. The fourth-order valence-electron chi connectivity index (χ4n) is 1.95. The molecule has 1 heterocycles. The highest BCUT2D eigenvalue weighted by Gasteiger charge is 2.25. The van der Waals surface area contributed by atoms with Gasteiger partial charge in [-0.2, -0.15) is 0 Å². The zero-order chi connectivity index (χ0) is 13.7. The van der Waals surface area contributed by atoms with E-state index in [1.165, 1.54) is 7.11 Å². The van der Waals surface area contributed by atoms with Gasteiger partial charge in [-0.1, -0.05) is 13.5 Å². The molecule has 0 aromatic heterocycles. The highest BCUT2D eigenvalue weighted by molar-refractivity contribution is 5.37. The monoisotopic (exact) mass is 255 g/mol. The molecule has 0 aromatic carbocycles. The number of rotatable bonds is 6. The number of methoxy groups -OCH3 is 1. The molecule has 0 amide bonds. The molecule has 0 aromatic rings. The van der Waals surface area contributed by atoms with Gasteiger partial charge in [-0.3, -0.25) is 0 Å². The second-order valence-corrected chi connectivity index (χ2v) is 4.13. The van der Waals surface area contributed by atoms with E-state index in [1.807, 2.05) is 6.92 Å². The molecule has 1 aliphatic heterocycles. The van der Waals surface area contributed by atoms with Crippen molar-refractivity contribution in [3.05, 3.63) is 35.9 Å². The standard InChI is InChI=1S/C13H21NO4/c1-4-11-12(17)5-6-14(7-10(16)8-15)13(11)9(2)18-3/h5-6,10,12,15-17H,2,4,7-8H2,1,3H3. The summed E-state index contributed by atoms with van der Waals surface area (Å²) in [6.07, 6.45) is 2.43. The Morgan fingerprint density at radius 1 is 1.61 bits per heavy atom. The van der Waals surface area contributed by atoms with Crippen LogP contribution in [0.3, 0.4) is 0 Å². The molecular weight excluding hydrogens is 234 g/mol. The van der Waals surface area contributed by atoms with Crippen LogP contribution in [0.25, 0.3) is 0 Å². The first kappa shape index (κ1) is 14.8. The van der Waals surface area contributed by atoms with Crippen molar-refractivity contribution in [2.45, 2.75) is 25.6 Å². The fraction of sp³-hybridized carbons (Fsp3) is 0.538. The van der Waals surface area contributed by atoms with Crippen LogP contribution in [0.4, 0.5) is 0 Å². The van der Waals surface area contributed by atoms with E-state index in [0.717, 1.165) is 5.57 Å². The lowest BCUT2D eigenvalue weighted by atomic mass is 9.99. The highest BCUT2D eigenvalue weighted by Crippen LogP contribution is 2.28. The Morgan fingerprint density at radius 2 is 2.28 bits per heavy atom. The van der Waals surface area contributed by atoms with E-state index in [4.69, 9.17) is 9.84 Å². The zero-order valence-electron chi connectivity index (χ0n) is 10.8. The lowest BCUT2D eigenvalue weighted by Gasteiger charge is -2.33. The van der Waals surface area contributed by atoms with E-state index < -0.39 is 12.2 Å². The van der Waals surface area contributed by atoms with Crippen LogP contribution in [0.1, 0.15) is 13.3 Å². The first-order chi connectivity index (χ1) is 8.54. The van der Waals surface area contributed by atoms with Gasteiger partial charge >= 0.3 is 0 Å². The predicted octanol–water partition coefficient (Wildman–Crippen LogP) is 0.354. The van der Waals surface area contributed by atoms with Crippen LogP contribution in [-0.2, 0) is 4.74 Å². The van der Waals surface area contributed by atoms with E-state index in [-0.39, 0.29) is 13.2 Å². The molecule has 5 nitrogen and oxygen atoms in total. The van der Waals surface area contributed by atoms with Crippen molar-refractivity contribution in [1.82, 2.24) is 4.90 Å². The second-order valence-electron chi connectivity index (χ2n) is 4.13. The minimum absolute atomic E-state index is 0.223. The average Bonchev–Trinajstić information content (AvgIpc) is 2.39. The van der Waals surface area contributed by atoms with Crippen molar-refractivity contribution in [2.75, 3.05) is 20.3 Å². The van der Waals surface area contributed by atoms with E-state index in [9.17, 15) is 10.2 Å². The molecule has 5 heteroatoms. The maximum atomic E-state index is 9.91. The predicted molar refractivity (Wildman–Crippen MR) is 68.4 cm³/mol. The molecule has 18 heavy (non-hydrogen) atoms. The Balaban J connectivity index is 3.04. The maximum absolute atomic E-state index is 9.91. The topological polar surface area (TPSA) is 73.2 Å². The number of β-amino-alcohol motifs (C(OH)–C–C–N with tert-alkyl or cyclic N) is 1. The third-order valence-electron chi connectivity index (χ3n) is 2.91. The van der Waals surface area contributed by atoms with Gasteiger partial charge in [0.05, 0.1) is 38.2 Å². The molecule has 0 spiro atoms. The van der Waals surface area contributed by atoms with Gasteiger partial charge in [0.15, 0.2) is 0 Å². The maximum Gasteiger partial charge on any atom is 0.135 e.